The third-order valence-corrected chi connectivity index (χ3v) is 6.02. The van der Waals surface area contributed by atoms with E-state index in [2.05, 4.69) is 0 Å². The second kappa shape index (κ2) is 9.46. The summed E-state index contributed by atoms with van der Waals surface area (Å²) in [7, 11) is -1.97. The molecule has 1 aliphatic heterocycles. The number of methoxy groups -OCH3 is 1. The molecule has 0 unspecified atom stereocenters. The Balaban J connectivity index is 2.00. The number of sulfonamides is 1. The van der Waals surface area contributed by atoms with Gasteiger partial charge in [0.15, 0.2) is 0 Å². The molecule has 1 saturated heterocycles. The lowest BCUT2D eigenvalue weighted by Gasteiger charge is -2.24. The Bertz CT molecular complexity index is 716. The molecule has 1 fully saturated rings. The number of anilines is 1. The van der Waals surface area contributed by atoms with Gasteiger partial charge in [-0.2, -0.15) is 0 Å². The smallest absolute Gasteiger partial charge is 0.232 e. The van der Waals surface area contributed by atoms with Crippen molar-refractivity contribution in [2.24, 2.45) is 0 Å². The molecule has 2 rings (SSSR count). The Morgan fingerprint density at radius 3 is 2.42 bits per heavy atom. The van der Waals surface area contributed by atoms with Gasteiger partial charge in [-0.15, -0.1) is 0 Å². The van der Waals surface area contributed by atoms with Gasteiger partial charge in [-0.3, -0.25) is 9.10 Å². The molecule has 146 valence electrons. The first kappa shape index (κ1) is 20.8. The van der Waals surface area contributed by atoms with Crippen LogP contribution < -0.4 is 9.04 Å². The molecular weight excluding hydrogens is 376 g/mol. The Morgan fingerprint density at radius 2 is 1.88 bits per heavy atom. The Hall–Kier alpha value is -1.47. The summed E-state index contributed by atoms with van der Waals surface area (Å²) in [6, 6.07) is 4.86. The minimum absolute atomic E-state index is 0.105. The largest absolute Gasteiger partial charge is 0.495 e. The van der Waals surface area contributed by atoms with E-state index in [1.807, 2.05) is 4.90 Å². The fourth-order valence-electron chi connectivity index (χ4n) is 3.15. The normalized spacial score (nSPS) is 15.4. The van der Waals surface area contributed by atoms with Crippen molar-refractivity contribution in [3.05, 3.63) is 23.2 Å². The van der Waals surface area contributed by atoms with Crippen LogP contribution in [-0.4, -0.2) is 52.2 Å². The summed E-state index contributed by atoms with van der Waals surface area (Å²) < 4.78 is 30.7. The molecule has 0 bridgehead atoms. The highest BCUT2D eigenvalue weighted by Crippen LogP contribution is 2.30. The van der Waals surface area contributed by atoms with Gasteiger partial charge in [0.25, 0.3) is 0 Å². The average Bonchev–Trinajstić information content (AvgIpc) is 2.86. The van der Waals surface area contributed by atoms with Crippen molar-refractivity contribution in [2.45, 2.75) is 38.5 Å². The third-order valence-electron chi connectivity index (χ3n) is 4.53. The second-order valence-electron chi connectivity index (χ2n) is 6.55. The molecule has 0 aromatic heterocycles. The van der Waals surface area contributed by atoms with E-state index in [0.717, 1.165) is 32.2 Å². The minimum Gasteiger partial charge on any atom is -0.495 e. The molecule has 6 nitrogen and oxygen atoms in total. The summed E-state index contributed by atoms with van der Waals surface area (Å²) >= 11 is 6.12. The number of ether oxygens (including phenoxy) is 1. The SMILES string of the molecule is COc1ccc(N(CCCC(=O)N2CCCCCC2)S(C)(=O)=O)cc1Cl. The van der Waals surface area contributed by atoms with Crippen LogP contribution in [0.2, 0.25) is 5.02 Å². The van der Waals surface area contributed by atoms with Gasteiger partial charge in [0.1, 0.15) is 5.75 Å². The van der Waals surface area contributed by atoms with Crippen molar-refractivity contribution in [2.75, 3.05) is 37.3 Å². The molecule has 1 aromatic rings. The molecule has 0 atom stereocenters. The van der Waals surface area contributed by atoms with Crippen LogP contribution in [0.4, 0.5) is 5.69 Å². The van der Waals surface area contributed by atoms with Crippen LogP contribution in [0.15, 0.2) is 18.2 Å². The maximum absolute atomic E-state index is 12.4. The van der Waals surface area contributed by atoms with Crippen LogP contribution in [0, 0.1) is 0 Å². The Morgan fingerprint density at radius 1 is 1.23 bits per heavy atom. The van der Waals surface area contributed by atoms with Gasteiger partial charge in [-0.05, 0) is 37.5 Å². The molecule has 0 N–H and O–H groups in total. The molecular formula is C18H27ClN2O4S. The molecule has 1 aliphatic rings. The maximum Gasteiger partial charge on any atom is 0.232 e. The van der Waals surface area contributed by atoms with Crippen LogP contribution in [0.1, 0.15) is 38.5 Å². The number of rotatable bonds is 7. The number of halogens is 1. The molecule has 0 aliphatic carbocycles. The van der Waals surface area contributed by atoms with E-state index in [-0.39, 0.29) is 12.5 Å². The zero-order valence-corrected chi connectivity index (χ0v) is 17.0. The van der Waals surface area contributed by atoms with Gasteiger partial charge in [-0.25, -0.2) is 8.42 Å². The molecule has 1 aromatic carbocycles. The lowest BCUT2D eigenvalue weighted by atomic mass is 10.2. The average molecular weight is 403 g/mol. The maximum atomic E-state index is 12.4. The number of hydrogen-bond donors (Lipinski definition) is 0. The van der Waals surface area contributed by atoms with Crippen molar-refractivity contribution in [3.8, 4) is 5.75 Å². The third kappa shape index (κ3) is 5.77. The number of hydrogen-bond acceptors (Lipinski definition) is 4. The first-order valence-corrected chi connectivity index (χ1v) is 11.1. The van der Waals surface area contributed by atoms with E-state index in [4.69, 9.17) is 16.3 Å². The number of carbonyl (C=O) groups excluding carboxylic acids is 1. The number of benzene rings is 1. The molecule has 8 heteroatoms. The first-order valence-electron chi connectivity index (χ1n) is 8.92. The van der Waals surface area contributed by atoms with Crippen LogP contribution in [-0.2, 0) is 14.8 Å². The first-order chi connectivity index (χ1) is 12.3. The van der Waals surface area contributed by atoms with Gasteiger partial charge in [-0.1, -0.05) is 24.4 Å². The van der Waals surface area contributed by atoms with E-state index in [1.54, 1.807) is 18.2 Å². The summed E-state index contributed by atoms with van der Waals surface area (Å²) in [5, 5.41) is 0.347. The highest BCUT2D eigenvalue weighted by atomic mass is 35.5. The van der Waals surface area contributed by atoms with Crippen molar-refractivity contribution < 1.29 is 17.9 Å². The van der Waals surface area contributed by atoms with E-state index >= 15 is 0 Å². The van der Waals surface area contributed by atoms with Crippen molar-refractivity contribution in [1.29, 1.82) is 0 Å². The van der Waals surface area contributed by atoms with Crippen LogP contribution >= 0.6 is 11.6 Å². The Kier molecular flexibility index (Phi) is 7.58. The summed E-state index contributed by atoms with van der Waals surface area (Å²) in [6.45, 7) is 1.85. The molecule has 1 heterocycles. The number of likely N-dealkylation sites (tertiary alicyclic amines) is 1. The Labute approximate surface area is 161 Å². The lowest BCUT2D eigenvalue weighted by Crippen LogP contribution is -2.34. The second-order valence-corrected chi connectivity index (χ2v) is 8.87. The fraction of sp³-hybridized carbons (Fsp3) is 0.611. The van der Waals surface area contributed by atoms with Gasteiger partial charge in [0.2, 0.25) is 15.9 Å². The summed E-state index contributed by atoms with van der Waals surface area (Å²) in [4.78, 5) is 14.3. The van der Waals surface area contributed by atoms with E-state index < -0.39 is 10.0 Å². The van der Waals surface area contributed by atoms with Crippen LogP contribution in [0.3, 0.4) is 0 Å². The molecule has 0 spiro atoms. The van der Waals surface area contributed by atoms with E-state index in [1.165, 1.54) is 24.3 Å². The van der Waals surface area contributed by atoms with E-state index in [0.29, 0.717) is 29.3 Å². The van der Waals surface area contributed by atoms with Crippen molar-refractivity contribution in [3.63, 3.8) is 0 Å². The van der Waals surface area contributed by atoms with Gasteiger partial charge < -0.3 is 9.64 Å². The van der Waals surface area contributed by atoms with Crippen LogP contribution in [0.5, 0.6) is 5.75 Å². The number of amides is 1. The monoisotopic (exact) mass is 402 g/mol. The van der Waals surface area contributed by atoms with Gasteiger partial charge >= 0.3 is 0 Å². The summed E-state index contributed by atoms with van der Waals surface area (Å²) in [5.74, 6) is 0.591. The van der Waals surface area contributed by atoms with Gasteiger partial charge in [0, 0.05) is 26.1 Å². The quantitative estimate of drug-likeness (QED) is 0.701. The van der Waals surface area contributed by atoms with Crippen molar-refractivity contribution >= 4 is 33.2 Å². The summed E-state index contributed by atoms with van der Waals surface area (Å²) in [6.07, 6.45) is 6.40. The van der Waals surface area contributed by atoms with Crippen molar-refractivity contribution in [1.82, 2.24) is 4.90 Å². The standard InChI is InChI=1S/C18H27ClN2O4S/c1-25-17-10-9-15(14-16(17)19)21(26(2,23)24)13-7-8-18(22)20-11-5-3-4-6-12-20/h9-10,14H,3-8,11-13H2,1-2H3. The highest BCUT2D eigenvalue weighted by molar-refractivity contribution is 7.92. The highest BCUT2D eigenvalue weighted by Gasteiger charge is 2.20. The number of nitrogens with zero attached hydrogens (tertiary/aromatic N) is 2. The van der Waals surface area contributed by atoms with Gasteiger partial charge in [0.05, 0.1) is 24.1 Å². The zero-order valence-electron chi connectivity index (χ0n) is 15.4. The number of carbonyl (C=O) groups is 1. The molecule has 26 heavy (non-hydrogen) atoms. The fourth-order valence-corrected chi connectivity index (χ4v) is 4.36. The predicted octanol–water partition coefficient (Wildman–Crippen LogP) is 3.30. The van der Waals surface area contributed by atoms with Crippen LogP contribution in [0.25, 0.3) is 0 Å². The summed E-state index contributed by atoms with van der Waals surface area (Å²) in [5.41, 5.74) is 0.473. The molecule has 1 amide bonds. The molecule has 0 saturated carbocycles. The molecule has 0 radical (unpaired) electrons. The minimum atomic E-state index is -3.47. The lowest BCUT2D eigenvalue weighted by molar-refractivity contribution is -0.131. The zero-order chi connectivity index (χ0) is 19.2. The topological polar surface area (TPSA) is 66.9 Å². The van der Waals surface area contributed by atoms with E-state index in [9.17, 15) is 13.2 Å². The predicted molar refractivity (Wildman–Crippen MR) is 104 cm³/mol.